The van der Waals surface area contributed by atoms with Crippen LogP contribution in [-0.4, -0.2) is 11.9 Å². The van der Waals surface area contributed by atoms with Crippen molar-refractivity contribution in [1.29, 1.82) is 0 Å². The van der Waals surface area contributed by atoms with Gasteiger partial charge in [-0.05, 0) is 37.0 Å². The molecule has 1 aliphatic rings. The Morgan fingerprint density at radius 3 is 2.08 bits per heavy atom. The maximum absolute atomic E-state index is 11.6. The van der Waals surface area contributed by atoms with Gasteiger partial charge in [0.2, 0.25) is 0 Å². The van der Waals surface area contributed by atoms with Crippen molar-refractivity contribution in [1.82, 2.24) is 0 Å². The molecule has 4 nitrogen and oxygen atoms in total. The molecule has 0 aliphatic heterocycles. The summed E-state index contributed by atoms with van der Waals surface area (Å²) in [5.41, 5.74) is 0.302. The first-order valence-electron chi connectivity index (χ1n) is 7.91. The molecule has 0 N–H and O–H groups in total. The van der Waals surface area contributed by atoms with E-state index in [2.05, 4.69) is 6.58 Å². The highest BCUT2D eigenvalue weighted by atomic mass is 16.6. The van der Waals surface area contributed by atoms with Gasteiger partial charge < -0.3 is 9.47 Å². The molecule has 0 radical (unpaired) electrons. The summed E-state index contributed by atoms with van der Waals surface area (Å²) in [7, 11) is 0. The minimum atomic E-state index is -0.751. The lowest BCUT2D eigenvalue weighted by molar-refractivity contribution is -0.141. The molecule has 2 rings (SSSR count). The number of carbonyl (C=O) groups excluding carboxylic acids is 2. The Labute approximate surface area is 142 Å². The van der Waals surface area contributed by atoms with Crippen LogP contribution in [0.15, 0.2) is 66.7 Å². The van der Waals surface area contributed by atoms with E-state index in [-0.39, 0.29) is 0 Å². The molecule has 1 aromatic carbocycles. The molecule has 0 bridgehead atoms. The Bertz CT molecular complexity index is 651. The van der Waals surface area contributed by atoms with E-state index in [1.165, 1.54) is 13.8 Å². The maximum Gasteiger partial charge on any atom is 0.307 e. The normalized spacial score (nSPS) is 15.8. The first-order chi connectivity index (χ1) is 11.5. The van der Waals surface area contributed by atoms with Gasteiger partial charge in [-0.25, -0.2) is 0 Å². The van der Waals surface area contributed by atoms with Gasteiger partial charge in [0.05, 0.1) is 5.41 Å². The highest BCUT2D eigenvalue weighted by molar-refractivity contribution is 5.69. The fraction of sp³-hybridized carbons (Fsp3) is 0.300. The zero-order valence-corrected chi connectivity index (χ0v) is 14.1. The fourth-order valence-corrected chi connectivity index (χ4v) is 3.01. The van der Waals surface area contributed by atoms with Crippen LogP contribution in [0.25, 0.3) is 0 Å². The number of carbonyl (C=O) groups is 2. The number of benzene rings is 1. The summed E-state index contributed by atoms with van der Waals surface area (Å²) >= 11 is 0. The lowest BCUT2D eigenvalue weighted by atomic mass is 9.72. The topological polar surface area (TPSA) is 52.6 Å². The van der Waals surface area contributed by atoms with Gasteiger partial charge in [-0.15, -0.1) is 6.58 Å². The third-order valence-electron chi connectivity index (χ3n) is 3.90. The molecule has 0 aromatic heterocycles. The molecule has 0 amide bonds. The number of rotatable bonds is 6. The smallest absolute Gasteiger partial charge is 0.307 e. The molecular weight excluding hydrogens is 304 g/mol. The number of allylic oxidation sites excluding steroid dienone is 3. The second-order valence-electron chi connectivity index (χ2n) is 5.80. The van der Waals surface area contributed by atoms with Crippen LogP contribution in [0.5, 0.6) is 0 Å². The largest absolute Gasteiger partial charge is 0.430 e. The Balaban J connectivity index is 2.50. The number of hydrogen-bond donors (Lipinski definition) is 0. The Kier molecular flexibility index (Phi) is 5.74. The van der Waals surface area contributed by atoms with E-state index < -0.39 is 17.4 Å². The van der Waals surface area contributed by atoms with Crippen LogP contribution in [0.3, 0.4) is 0 Å². The van der Waals surface area contributed by atoms with Crippen LogP contribution in [0.4, 0.5) is 0 Å². The summed E-state index contributed by atoms with van der Waals surface area (Å²) in [6, 6.07) is 9.83. The van der Waals surface area contributed by atoms with Crippen LogP contribution >= 0.6 is 0 Å². The maximum atomic E-state index is 11.6. The summed E-state index contributed by atoms with van der Waals surface area (Å²) in [4.78, 5) is 23.1. The van der Waals surface area contributed by atoms with Crippen molar-refractivity contribution in [2.24, 2.45) is 5.41 Å². The van der Waals surface area contributed by atoms with Crippen LogP contribution < -0.4 is 0 Å². The molecule has 1 aromatic rings. The summed E-state index contributed by atoms with van der Waals surface area (Å²) in [5, 5.41) is 0. The van der Waals surface area contributed by atoms with Crippen molar-refractivity contribution >= 4 is 11.9 Å². The first kappa shape index (κ1) is 17.7. The van der Waals surface area contributed by atoms with Crippen molar-refractivity contribution in [2.75, 3.05) is 0 Å². The van der Waals surface area contributed by atoms with Gasteiger partial charge in [0.1, 0.15) is 11.5 Å². The minimum Gasteiger partial charge on any atom is -0.430 e. The highest BCUT2D eigenvalue weighted by Crippen LogP contribution is 2.46. The second kappa shape index (κ2) is 7.77. The fourth-order valence-electron chi connectivity index (χ4n) is 3.01. The average Bonchev–Trinajstić information content (AvgIpc) is 2.52. The van der Waals surface area contributed by atoms with Crippen molar-refractivity contribution in [3.05, 3.63) is 72.2 Å². The summed E-state index contributed by atoms with van der Waals surface area (Å²) < 4.78 is 11.0. The van der Waals surface area contributed by atoms with Gasteiger partial charge in [-0.3, -0.25) is 9.59 Å². The molecule has 24 heavy (non-hydrogen) atoms. The predicted molar refractivity (Wildman–Crippen MR) is 91.7 cm³/mol. The first-order valence-corrected chi connectivity index (χ1v) is 7.91. The quantitative estimate of drug-likeness (QED) is 0.583. The minimum absolute atomic E-state index is 0.396. The summed E-state index contributed by atoms with van der Waals surface area (Å²) in [6.07, 6.45) is 7.04. The van der Waals surface area contributed by atoms with Crippen molar-refractivity contribution in [2.45, 2.75) is 33.1 Å². The molecule has 0 unspecified atom stereocenters. The van der Waals surface area contributed by atoms with E-state index in [0.29, 0.717) is 30.8 Å². The molecule has 1 aliphatic carbocycles. The van der Waals surface area contributed by atoms with E-state index in [0.717, 1.165) is 5.56 Å². The molecule has 0 fully saturated rings. The number of hydrogen-bond acceptors (Lipinski definition) is 4. The second-order valence-corrected chi connectivity index (χ2v) is 5.80. The highest BCUT2D eigenvalue weighted by Gasteiger charge is 2.43. The molecule has 0 saturated heterocycles. The van der Waals surface area contributed by atoms with Crippen molar-refractivity contribution in [3.8, 4) is 0 Å². The van der Waals surface area contributed by atoms with E-state index in [1.807, 2.05) is 42.5 Å². The lowest BCUT2D eigenvalue weighted by Gasteiger charge is -2.37. The van der Waals surface area contributed by atoms with Gasteiger partial charge in [-0.2, -0.15) is 0 Å². The van der Waals surface area contributed by atoms with Gasteiger partial charge in [0.25, 0.3) is 0 Å². The lowest BCUT2D eigenvalue weighted by Crippen LogP contribution is -2.34. The van der Waals surface area contributed by atoms with Crippen LogP contribution in [0, 0.1) is 5.41 Å². The predicted octanol–water partition coefficient (Wildman–Crippen LogP) is 4.09. The van der Waals surface area contributed by atoms with E-state index in [4.69, 9.17) is 9.47 Å². The zero-order chi connectivity index (χ0) is 17.6. The standard InChI is InChI=1S/C20H22O4/c1-4-13-20(14-17-9-6-5-7-10-17)18(23-15(2)21)11-8-12-19(20)24-16(3)22/h4-7,9-12H,1,8,13-14H2,2-3H3. The van der Waals surface area contributed by atoms with Gasteiger partial charge in [0, 0.05) is 13.8 Å². The van der Waals surface area contributed by atoms with Crippen molar-refractivity contribution < 1.29 is 19.1 Å². The summed E-state index contributed by atoms with van der Waals surface area (Å²) in [6.45, 7) is 6.57. The molecule has 0 atom stereocenters. The SMILES string of the molecule is C=CCC1(Cc2ccccc2)C(OC(C)=O)=CCC=C1OC(C)=O. The molecule has 0 spiro atoms. The van der Waals surface area contributed by atoms with Gasteiger partial charge >= 0.3 is 11.9 Å². The van der Waals surface area contributed by atoms with Crippen LogP contribution in [0.2, 0.25) is 0 Å². The van der Waals surface area contributed by atoms with Crippen molar-refractivity contribution in [3.63, 3.8) is 0 Å². The monoisotopic (exact) mass is 326 g/mol. The van der Waals surface area contributed by atoms with Crippen LogP contribution in [-0.2, 0) is 25.5 Å². The average molecular weight is 326 g/mol. The zero-order valence-electron chi connectivity index (χ0n) is 14.1. The number of esters is 2. The van der Waals surface area contributed by atoms with E-state index in [9.17, 15) is 9.59 Å². The third kappa shape index (κ3) is 4.02. The molecule has 126 valence electrons. The Morgan fingerprint density at radius 2 is 1.62 bits per heavy atom. The van der Waals surface area contributed by atoms with Crippen LogP contribution in [0.1, 0.15) is 32.3 Å². The van der Waals surface area contributed by atoms with E-state index >= 15 is 0 Å². The Hall–Kier alpha value is -2.62. The molecular formula is C20H22O4. The summed E-state index contributed by atoms with van der Waals surface area (Å²) in [5.74, 6) is 0.230. The molecule has 4 heteroatoms. The van der Waals surface area contributed by atoms with Gasteiger partial charge in [-0.1, -0.05) is 36.4 Å². The Morgan fingerprint density at radius 1 is 1.08 bits per heavy atom. The van der Waals surface area contributed by atoms with E-state index in [1.54, 1.807) is 6.08 Å². The molecule has 0 heterocycles. The molecule has 0 saturated carbocycles. The number of ether oxygens (including phenoxy) is 2. The third-order valence-corrected chi connectivity index (χ3v) is 3.90. The van der Waals surface area contributed by atoms with Gasteiger partial charge in [0.15, 0.2) is 0 Å².